The fraction of sp³-hybridized carbons (Fsp3) is 0.286. The van der Waals surface area contributed by atoms with Crippen LogP contribution in [0.15, 0.2) is 18.2 Å². The van der Waals surface area contributed by atoms with Crippen LogP contribution < -0.4 is 5.73 Å². The Morgan fingerprint density at radius 1 is 1.32 bits per heavy atom. The monoisotopic (exact) mass is 260 g/mol. The maximum Gasteiger partial charge on any atom is 0.338 e. The number of amides is 1. The normalized spacial score (nSPS) is 12.4. The third kappa shape index (κ3) is 2.45. The molecule has 1 aromatic carbocycles. The van der Waals surface area contributed by atoms with Gasteiger partial charge in [0.2, 0.25) is 0 Å². The number of rotatable bonds is 3. The summed E-state index contributed by atoms with van der Waals surface area (Å²) in [7, 11) is 0. The van der Waals surface area contributed by atoms with Gasteiger partial charge in [-0.2, -0.15) is 0 Å². The van der Waals surface area contributed by atoms with Crippen LogP contribution in [0.1, 0.15) is 28.5 Å². The van der Waals surface area contributed by atoms with E-state index in [1.807, 2.05) is 19.9 Å². The standard InChI is InChI=1S/C14H16N2O3/c1-7-8(2)16-12-5-4-10(6-11(7)12)14(18)19-9(3)13(15)17/h4-6,9,16H,1-3H3,(H2,15,17). The summed E-state index contributed by atoms with van der Waals surface area (Å²) in [5, 5.41) is 0.971. The average molecular weight is 260 g/mol. The molecule has 100 valence electrons. The van der Waals surface area contributed by atoms with Crippen LogP contribution >= 0.6 is 0 Å². The number of carbonyl (C=O) groups excluding carboxylic acids is 2. The molecule has 0 saturated carbocycles. The van der Waals surface area contributed by atoms with Gasteiger partial charge in [0.1, 0.15) is 0 Å². The Hall–Kier alpha value is -2.30. The number of hydrogen-bond donors (Lipinski definition) is 2. The molecule has 5 nitrogen and oxygen atoms in total. The van der Waals surface area contributed by atoms with Gasteiger partial charge in [0.15, 0.2) is 6.10 Å². The summed E-state index contributed by atoms with van der Waals surface area (Å²) in [5.41, 5.74) is 8.58. The maximum absolute atomic E-state index is 11.9. The molecule has 1 aromatic heterocycles. The Bertz CT molecular complexity index is 658. The molecule has 0 aliphatic carbocycles. The lowest BCUT2D eigenvalue weighted by molar-refractivity contribution is -0.125. The van der Waals surface area contributed by atoms with Gasteiger partial charge < -0.3 is 15.5 Å². The van der Waals surface area contributed by atoms with Gasteiger partial charge in [-0.1, -0.05) is 0 Å². The topological polar surface area (TPSA) is 85.2 Å². The van der Waals surface area contributed by atoms with E-state index in [1.165, 1.54) is 6.92 Å². The number of aromatic nitrogens is 1. The molecule has 2 rings (SSSR count). The first-order chi connectivity index (χ1) is 8.90. The molecule has 1 heterocycles. The van der Waals surface area contributed by atoms with Crippen molar-refractivity contribution in [3.05, 3.63) is 35.0 Å². The van der Waals surface area contributed by atoms with E-state index in [9.17, 15) is 9.59 Å². The number of H-pyrrole nitrogens is 1. The van der Waals surface area contributed by atoms with Crippen molar-refractivity contribution in [3.63, 3.8) is 0 Å². The molecule has 2 aromatic rings. The molecule has 0 bridgehead atoms. The van der Waals surface area contributed by atoms with Gasteiger partial charge >= 0.3 is 5.97 Å². The Kier molecular flexibility index (Phi) is 3.29. The lowest BCUT2D eigenvalue weighted by atomic mass is 10.1. The maximum atomic E-state index is 11.9. The summed E-state index contributed by atoms with van der Waals surface area (Å²) in [6.45, 7) is 5.41. The second kappa shape index (κ2) is 4.76. The van der Waals surface area contributed by atoms with Crippen molar-refractivity contribution in [1.29, 1.82) is 0 Å². The number of benzene rings is 1. The summed E-state index contributed by atoms with van der Waals surface area (Å²) >= 11 is 0. The van der Waals surface area contributed by atoms with Crippen LogP contribution in [0.2, 0.25) is 0 Å². The second-order valence-electron chi connectivity index (χ2n) is 4.59. The highest BCUT2D eigenvalue weighted by Crippen LogP contribution is 2.22. The van der Waals surface area contributed by atoms with Crippen molar-refractivity contribution in [3.8, 4) is 0 Å². The van der Waals surface area contributed by atoms with Gasteiger partial charge in [-0.3, -0.25) is 4.79 Å². The summed E-state index contributed by atoms with van der Waals surface area (Å²) in [5.74, 6) is -1.21. The van der Waals surface area contributed by atoms with Crippen LogP contribution in [0.5, 0.6) is 0 Å². The SMILES string of the molecule is Cc1[nH]c2ccc(C(=O)OC(C)C(N)=O)cc2c1C. The van der Waals surface area contributed by atoms with E-state index in [1.54, 1.807) is 12.1 Å². The molecule has 0 aliphatic rings. The molecule has 1 unspecified atom stereocenters. The number of nitrogens with two attached hydrogens (primary N) is 1. The Labute approximate surface area is 110 Å². The molecule has 3 N–H and O–H groups in total. The minimum atomic E-state index is -0.933. The largest absolute Gasteiger partial charge is 0.449 e. The molecule has 0 saturated heterocycles. The fourth-order valence-electron chi connectivity index (χ4n) is 1.87. The van der Waals surface area contributed by atoms with E-state index in [0.717, 1.165) is 22.2 Å². The first kappa shape index (κ1) is 13.1. The number of esters is 1. The molecule has 0 radical (unpaired) electrons. The lowest BCUT2D eigenvalue weighted by Crippen LogP contribution is -2.30. The molecule has 5 heteroatoms. The first-order valence-electron chi connectivity index (χ1n) is 5.99. The molecule has 19 heavy (non-hydrogen) atoms. The van der Waals surface area contributed by atoms with Crippen LogP contribution in [-0.4, -0.2) is 23.0 Å². The van der Waals surface area contributed by atoms with Gasteiger partial charge in [0, 0.05) is 16.6 Å². The van der Waals surface area contributed by atoms with Crippen molar-refractivity contribution in [1.82, 2.24) is 4.98 Å². The van der Waals surface area contributed by atoms with Gasteiger partial charge in [0.25, 0.3) is 5.91 Å². The van der Waals surface area contributed by atoms with Crippen molar-refractivity contribution < 1.29 is 14.3 Å². The summed E-state index contributed by atoms with van der Waals surface area (Å²) in [6.07, 6.45) is -0.933. The number of aromatic amines is 1. The third-order valence-corrected chi connectivity index (χ3v) is 3.23. The number of carbonyl (C=O) groups is 2. The van der Waals surface area contributed by atoms with E-state index >= 15 is 0 Å². The summed E-state index contributed by atoms with van der Waals surface area (Å²) < 4.78 is 4.97. The number of hydrogen-bond acceptors (Lipinski definition) is 3. The van der Waals surface area contributed by atoms with Gasteiger partial charge in [-0.25, -0.2) is 4.79 Å². The number of nitrogens with one attached hydrogen (secondary N) is 1. The third-order valence-electron chi connectivity index (χ3n) is 3.23. The Balaban J connectivity index is 2.33. The zero-order chi connectivity index (χ0) is 14.2. The van der Waals surface area contributed by atoms with Crippen LogP contribution in [0.25, 0.3) is 10.9 Å². The number of ether oxygens (including phenoxy) is 1. The average Bonchev–Trinajstić information content (AvgIpc) is 2.64. The van der Waals surface area contributed by atoms with E-state index in [2.05, 4.69) is 4.98 Å². The quantitative estimate of drug-likeness (QED) is 0.825. The predicted molar refractivity (Wildman–Crippen MR) is 71.8 cm³/mol. The fourth-order valence-corrected chi connectivity index (χ4v) is 1.87. The van der Waals surface area contributed by atoms with E-state index in [-0.39, 0.29) is 0 Å². The Morgan fingerprint density at radius 2 is 2.00 bits per heavy atom. The number of aryl methyl sites for hydroxylation is 2. The van der Waals surface area contributed by atoms with Crippen LogP contribution in [0.4, 0.5) is 0 Å². The molecule has 0 aliphatic heterocycles. The molecule has 1 amide bonds. The number of fused-ring (bicyclic) bond motifs is 1. The van der Waals surface area contributed by atoms with Crippen molar-refractivity contribution >= 4 is 22.8 Å². The van der Waals surface area contributed by atoms with Crippen LogP contribution in [0.3, 0.4) is 0 Å². The zero-order valence-electron chi connectivity index (χ0n) is 11.1. The Morgan fingerprint density at radius 3 is 2.63 bits per heavy atom. The van der Waals surface area contributed by atoms with E-state index in [4.69, 9.17) is 10.5 Å². The second-order valence-corrected chi connectivity index (χ2v) is 4.59. The highest BCUT2D eigenvalue weighted by molar-refractivity contribution is 5.97. The zero-order valence-corrected chi connectivity index (χ0v) is 11.1. The van der Waals surface area contributed by atoms with Gasteiger partial charge in [-0.15, -0.1) is 0 Å². The van der Waals surface area contributed by atoms with Crippen molar-refractivity contribution in [2.75, 3.05) is 0 Å². The highest BCUT2D eigenvalue weighted by atomic mass is 16.5. The molecule has 1 atom stereocenters. The molecular weight excluding hydrogens is 244 g/mol. The van der Waals surface area contributed by atoms with Crippen molar-refractivity contribution in [2.24, 2.45) is 5.73 Å². The summed E-state index contributed by atoms with van der Waals surface area (Å²) in [6, 6.07) is 5.23. The predicted octanol–water partition coefficient (Wildman–Crippen LogP) is 1.82. The highest BCUT2D eigenvalue weighted by Gasteiger charge is 2.17. The number of primary amides is 1. The van der Waals surface area contributed by atoms with E-state index in [0.29, 0.717) is 5.56 Å². The van der Waals surface area contributed by atoms with Crippen molar-refractivity contribution in [2.45, 2.75) is 26.9 Å². The lowest BCUT2D eigenvalue weighted by Gasteiger charge is -2.09. The molecule has 0 fully saturated rings. The molecular formula is C14H16N2O3. The first-order valence-corrected chi connectivity index (χ1v) is 5.99. The minimum Gasteiger partial charge on any atom is -0.449 e. The molecule has 0 spiro atoms. The van der Waals surface area contributed by atoms with Gasteiger partial charge in [0.05, 0.1) is 5.56 Å². The summed E-state index contributed by atoms with van der Waals surface area (Å²) in [4.78, 5) is 26.0. The van der Waals surface area contributed by atoms with Gasteiger partial charge in [-0.05, 0) is 44.5 Å². The van der Waals surface area contributed by atoms with Crippen LogP contribution in [-0.2, 0) is 9.53 Å². The van der Waals surface area contributed by atoms with Crippen LogP contribution in [0, 0.1) is 13.8 Å². The smallest absolute Gasteiger partial charge is 0.338 e. The van der Waals surface area contributed by atoms with E-state index < -0.39 is 18.0 Å². The minimum absolute atomic E-state index is 0.405.